The molecule has 0 spiro atoms. The zero-order valence-corrected chi connectivity index (χ0v) is 10.8. The molecular formula is C12H32. The summed E-state index contributed by atoms with van der Waals surface area (Å²) in [6, 6.07) is 0. The fourth-order valence-corrected chi connectivity index (χ4v) is 0. The van der Waals surface area contributed by atoms with E-state index >= 15 is 0 Å². The molecule has 0 bridgehead atoms. The van der Waals surface area contributed by atoms with E-state index in [2.05, 4.69) is 27.7 Å². The Morgan fingerprint density at radius 3 is 0.500 bits per heavy atom. The first-order chi connectivity index (χ1) is 5.83. The summed E-state index contributed by atoms with van der Waals surface area (Å²) >= 11 is 0. The third kappa shape index (κ3) is 202. The second-order valence-electron chi connectivity index (χ2n) is 2.00. The molecule has 0 heteroatoms. The third-order valence-corrected chi connectivity index (χ3v) is 1.000. The molecule has 0 unspecified atom stereocenters. The van der Waals surface area contributed by atoms with Crippen molar-refractivity contribution in [2.45, 2.75) is 81.1 Å². The van der Waals surface area contributed by atoms with E-state index in [4.69, 9.17) is 0 Å². The Morgan fingerprint density at radius 2 is 0.500 bits per heavy atom. The van der Waals surface area contributed by atoms with Crippen molar-refractivity contribution >= 4 is 0 Å². The van der Waals surface area contributed by atoms with Crippen LogP contribution in [0.4, 0.5) is 0 Å². The molecule has 0 atom stereocenters. The maximum absolute atomic E-state index is 2.18. The monoisotopic (exact) mass is 176 g/mol. The van der Waals surface area contributed by atoms with E-state index in [1.165, 1.54) is 25.7 Å². The molecule has 12 heavy (non-hydrogen) atoms. The standard InChI is InChI=1S/2C4H10.2C2H6/c2*1-3-4-2;2*1-2/h2*3-4H2,1-2H3;2*1-2H3. The number of hydrogen-bond acceptors (Lipinski definition) is 0. The Labute approximate surface area is 81.8 Å². The first-order valence-electron chi connectivity index (χ1n) is 5.83. The lowest BCUT2D eigenvalue weighted by atomic mass is 10.4. The molecule has 0 heterocycles. The summed E-state index contributed by atoms with van der Waals surface area (Å²) in [5.41, 5.74) is 0. The molecule has 0 aromatic carbocycles. The second kappa shape index (κ2) is 68.8. The zero-order valence-electron chi connectivity index (χ0n) is 10.8. The van der Waals surface area contributed by atoms with Crippen molar-refractivity contribution in [1.82, 2.24) is 0 Å². The van der Waals surface area contributed by atoms with Crippen LogP contribution in [0.3, 0.4) is 0 Å². The summed E-state index contributed by atoms with van der Waals surface area (Å²) < 4.78 is 0. The SMILES string of the molecule is CC.CC.CCCC.CCCC. The topological polar surface area (TPSA) is 0 Å². The Bertz CT molecular complexity index is 8.00. The number of rotatable bonds is 2. The van der Waals surface area contributed by atoms with Gasteiger partial charge in [-0.3, -0.25) is 0 Å². The van der Waals surface area contributed by atoms with Crippen molar-refractivity contribution in [3.05, 3.63) is 0 Å². The molecular weight excluding hydrogens is 144 g/mol. The fourth-order valence-electron chi connectivity index (χ4n) is 0. The van der Waals surface area contributed by atoms with Crippen molar-refractivity contribution in [3.63, 3.8) is 0 Å². The van der Waals surface area contributed by atoms with Gasteiger partial charge in [0.15, 0.2) is 0 Å². The maximum Gasteiger partial charge on any atom is -0.0564 e. The van der Waals surface area contributed by atoms with Gasteiger partial charge in [0.2, 0.25) is 0 Å². The van der Waals surface area contributed by atoms with Crippen LogP contribution in [0.5, 0.6) is 0 Å². The second-order valence-corrected chi connectivity index (χ2v) is 2.00. The van der Waals surface area contributed by atoms with E-state index in [9.17, 15) is 0 Å². The molecule has 0 aromatic rings. The van der Waals surface area contributed by atoms with Gasteiger partial charge >= 0.3 is 0 Å². The highest BCUT2D eigenvalue weighted by molar-refractivity contribution is 4.13. The minimum atomic E-state index is 1.32. The summed E-state index contributed by atoms with van der Waals surface area (Å²) in [6.07, 6.45) is 5.28. The lowest BCUT2D eigenvalue weighted by molar-refractivity contribution is 0.886. The maximum atomic E-state index is 2.18. The summed E-state index contributed by atoms with van der Waals surface area (Å²) in [5.74, 6) is 0. The van der Waals surface area contributed by atoms with E-state index in [0.717, 1.165) is 0 Å². The first kappa shape index (κ1) is 22.7. The fraction of sp³-hybridized carbons (Fsp3) is 1.00. The number of hydrogen-bond donors (Lipinski definition) is 0. The molecule has 0 aliphatic heterocycles. The average Bonchev–Trinajstić information content (AvgIpc) is 2.23. The van der Waals surface area contributed by atoms with Crippen molar-refractivity contribution in [3.8, 4) is 0 Å². The molecule has 0 rings (SSSR count). The number of unbranched alkanes of at least 4 members (excludes halogenated alkanes) is 2. The van der Waals surface area contributed by atoms with Crippen LogP contribution < -0.4 is 0 Å². The van der Waals surface area contributed by atoms with Gasteiger partial charge in [0, 0.05) is 0 Å². The van der Waals surface area contributed by atoms with Crippen LogP contribution in [0.15, 0.2) is 0 Å². The Morgan fingerprint density at radius 1 is 0.417 bits per heavy atom. The van der Waals surface area contributed by atoms with E-state index in [0.29, 0.717) is 0 Å². The summed E-state index contributed by atoms with van der Waals surface area (Å²) in [7, 11) is 0. The van der Waals surface area contributed by atoms with Crippen molar-refractivity contribution in [2.75, 3.05) is 0 Å². The smallest absolute Gasteiger partial charge is 0.0564 e. The van der Waals surface area contributed by atoms with E-state index in [1.54, 1.807) is 0 Å². The molecule has 0 fully saturated rings. The predicted octanol–water partition coefficient (Wildman–Crippen LogP) is 5.67. The van der Waals surface area contributed by atoms with Crippen LogP contribution in [0, 0.1) is 0 Å². The molecule has 0 amide bonds. The molecule has 0 radical (unpaired) electrons. The minimum absolute atomic E-state index is 1.32. The van der Waals surface area contributed by atoms with E-state index < -0.39 is 0 Å². The Hall–Kier alpha value is 0. The van der Waals surface area contributed by atoms with Crippen molar-refractivity contribution in [1.29, 1.82) is 0 Å². The van der Waals surface area contributed by atoms with Gasteiger partial charge in [-0.25, -0.2) is 0 Å². The zero-order chi connectivity index (χ0) is 10.8. The highest BCUT2D eigenvalue weighted by Gasteiger charge is 1.56. The average molecular weight is 176 g/mol. The molecule has 0 saturated heterocycles. The summed E-state index contributed by atoms with van der Waals surface area (Å²) in [5, 5.41) is 0. The molecule has 0 N–H and O–H groups in total. The van der Waals surface area contributed by atoms with Gasteiger partial charge in [0.25, 0.3) is 0 Å². The highest BCUT2D eigenvalue weighted by atomic mass is 13.6. The third-order valence-electron chi connectivity index (χ3n) is 1.000. The van der Waals surface area contributed by atoms with Crippen LogP contribution in [0.1, 0.15) is 81.1 Å². The van der Waals surface area contributed by atoms with Gasteiger partial charge < -0.3 is 0 Å². The lowest BCUT2D eigenvalue weighted by Gasteiger charge is -1.68. The lowest BCUT2D eigenvalue weighted by Crippen LogP contribution is -1.47. The van der Waals surface area contributed by atoms with Gasteiger partial charge in [-0.2, -0.15) is 0 Å². The molecule has 80 valence electrons. The summed E-state index contributed by atoms with van der Waals surface area (Å²) in [4.78, 5) is 0. The van der Waals surface area contributed by atoms with Gasteiger partial charge in [0.05, 0.1) is 0 Å². The molecule has 0 aliphatic carbocycles. The van der Waals surface area contributed by atoms with Gasteiger partial charge in [-0.05, 0) is 0 Å². The normalized spacial score (nSPS) is 6.00. The van der Waals surface area contributed by atoms with Crippen LogP contribution in [0.2, 0.25) is 0 Å². The van der Waals surface area contributed by atoms with E-state index in [1.807, 2.05) is 27.7 Å². The Balaban J connectivity index is -0.0000000380. The van der Waals surface area contributed by atoms with Gasteiger partial charge in [-0.1, -0.05) is 81.1 Å². The van der Waals surface area contributed by atoms with Crippen LogP contribution in [0.25, 0.3) is 0 Å². The highest BCUT2D eigenvalue weighted by Crippen LogP contribution is 1.77. The van der Waals surface area contributed by atoms with Crippen molar-refractivity contribution in [2.24, 2.45) is 0 Å². The molecule has 0 nitrogen and oxygen atoms in total. The molecule has 0 aliphatic rings. The summed E-state index contributed by atoms with van der Waals surface area (Å²) in [6.45, 7) is 16.7. The van der Waals surface area contributed by atoms with Crippen molar-refractivity contribution < 1.29 is 0 Å². The van der Waals surface area contributed by atoms with Crippen LogP contribution in [-0.4, -0.2) is 0 Å². The predicted molar refractivity (Wildman–Crippen MR) is 63.9 cm³/mol. The largest absolute Gasteiger partial charge is 0.0683 e. The van der Waals surface area contributed by atoms with Crippen LogP contribution >= 0.6 is 0 Å². The molecule has 0 saturated carbocycles. The quantitative estimate of drug-likeness (QED) is 0.509. The first-order valence-corrected chi connectivity index (χ1v) is 5.83. The van der Waals surface area contributed by atoms with Crippen LogP contribution in [-0.2, 0) is 0 Å². The van der Waals surface area contributed by atoms with E-state index in [-0.39, 0.29) is 0 Å². The van der Waals surface area contributed by atoms with Gasteiger partial charge in [0.1, 0.15) is 0 Å². The van der Waals surface area contributed by atoms with Gasteiger partial charge in [-0.15, -0.1) is 0 Å². The minimum Gasteiger partial charge on any atom is -0.0683 e. The Kier molecular flexibility index (Phi) is 130. The molecule has 0 aromatic heterocycles.